The summed E-state index contributed by atoms with van der Waals surface area (Å²) >= 11 is 0. The number of nitrogens with zero attached hydrogens (tertiary/aromatic N) is 2. The third-order valence-corrected chi connectivity index (χ3v) is 4.01. The first kappa shape index (κ1) is 20.0. The van der Waals surface area contributed by atoms with Gasteiger partial charge >= 0.3 is 0 Å². The van der Waals surface area contributed by atoms with Gasteiger partial charge in [0.05, 0.1) is 11.4 Å². The molecule has 150 valence electrons. The summed E-state index contributed by atoms with van der Waals surface area (Å²) in [5.74, 6) is -1.64. The van der Waals surface area contributed by atoms with E-state index >= 15 is 0 Å². The summed E-state index contributed by atoms with van der Waals surface area (Å²) in [6.07, 6.45) is 0. The second-order valence-corrected chi connectivity index (χ2v) is 6.49. The third kappa shape index (κ3) is 4.57. The summed E-state index contributed by atoms with van der Waals surface area (Å²) in [6, 6.07) is 11.7. The summed E-state index contributed by atoms with van der Waals surface area (Å²) < 4.78 is 19.5. The number of ether oxygens (including phenoxy) is 1. The van der Waals surface area contributed by atoms with E-state index < -0.39 is 24.2 Å². The first-order chi connectivity index (χ1) is 13.9. The van der Waals surface area contributed by atoms with Crippen molar-refractivity contribution in [3.05, 3.63) is 70.4 Å². The molecule has 0 aliphatic rings. The van der Waals surface area contributed by atoms with Crippen molar-refractivity contribution >= 4 is 22.6 Å². The van der Waals surface area contributed by atoms with Crippen molar-refractivity contribution in [1.82, 2.24) is 20.6 Å². The van der Waals surface area contributed by atoms with Gasteiger partial charge in [-0.1, -0.05) is 24.3 Å². The zero-order valence-corrected chi connectivity index (χ0v) is 15.8. The number of carbonyl (C=O) groups excluding carboxylic acids is 2. The number of carbonyl (C=O) groups is 2. The molecule has 9 heteroatoms. The lowest BCUT2D eigenvalue weighted by Crippen LogP contribution is -2.44. The number of amides is 2. The Balaban J connectivity index is 1.72. The van der Waals surface area contributed by atoms with Gasteiger partial charge in [0.15, 0.2) is 12.3 Å². The molecule has 0 aliphatic carbocycles. The fourth-order valence-electron chi connectivity index (χ4n) is 2.65. The molecule has 0 bridgehead atoms. The van der Waals surface area contributed by atoms with Crippen molar-refractivity contribution in [2.24, 2.45) is 0 Å². The number of fused-ring (bicyclic) bond motifs is 1. The number of aromatic nitrogens is 2. The van der Waals surface area contributed by atoms with Crippen LogP contribution in [0.4, 0.5) is 4.39 Å². The summed E-state index contributed by atoms with van der Waals surface area (Å²) in [5.41, 5.74) is 4.16. The number of rotatable bonds is 5. The second kappa shape index (κ2) is 8.51. The largest absolute Gasteiger partial charge is 0.484 e. The van der Waals surface area contributed by atoms with Gasteiger partial charge < -0.3 is 4.74 Å². The fourth-order valence-corrected chi connectivity index (χ4v) is 2.65. The number of hydrogen-bond acceptors (Lipinski definition) is 5. The molecule has 3 rings (SSSR count). The predicted molar refractivity (Wildman–Crippen MR) is 104 cm³/mol. The van der Waals surface area contributed by atoms with Crippen LogP contribution in [-0.2, 0) is 4.79 Å². The average molecular weight is 398 g/mol. The summed E-state index contributed by atoms with van der Waals surface area (Å²) in [4.78, 5) is 37.0. The summed E-state index contributed by atoms with van der Waals surface area (Å²) in [6.45, 7) is 3.12. The molecule has 2 amide bonds. The molecule has 1 heterocycles. The highest BCUT2D eigenvalue weighted by molar-refractivity contribution is 6.05. The van der Waals surface area contributed by atoms with Crippen LogP contribution < -0.4 is 21.1 Å². The Morgan fingerprint density at radius 3 is 2.52 bits per heavy atom. The van der Waals surface area contributed by atoms with Crippen LogP contribution in [0.15, 0.2) is 53.3 Å². The van der Waals surface area contributed by atoms with E-state index in [1.165, 1.54) is 22.9 Å². The molecule has 1 aromatic heterocycles. The molecule has 0 saturated heterocycles. The van der Waals surface area contributed by atoms with Crippen LogP contribution in [0.25, 0.3) is 10.8 Å². The van der Waals surface area contributed by atoms with Gasteiger partial charge in [-0.05, 0) is 32.0 Å². The van der Waals surface area contributed by atoms with Gasteiger partial charge in [-0.2, -0.15) is 5.10 Å². The van der Waals surface area contributed by atoms with E-state index in [-0.39, 0.29) is 23.0 Å². The molecule has 0 unspecified atom stereocenters. The monoisotopic (exact) mass is 398 g/mol. The normalized spacial score (nSPS) is 10.8. The maximum atomic E-state index is 13.1. The first-order valence-electron chi connectivity index (χ1n) is 8.86. The SMILES string of the molecule is CC(C)n1nc(C(=O)NNC(=O)COc2cccc(F)c2)c2ccccc2c1=O. The van der Waals surface area contributed by atoms with E-state index in [0.717, 1.165) is 6.07 Å². The standard InChI is InChI=1S/C20H19FN4O4/c1-12(2)25-20(28)16-9-4-3-8-15(16)18(24-25)19(27)23-22-17(26)11-29-14-7-5-6-13(21)10-14/h3-10,12H,11H2,1-2H3,(H,22,26)(H,23,27). The number of hydrazine groups is 1. The lowest BCUT2D eigenvalue weighted by molar-refractivity contribution is -0.123. The number of benzene rings is 2. The minimum absolute atomic E-state index is 0.000230. The van der Waals surface area contributed by atoms with Crippen LogP contribution in [0.1, 0.15) is 30.4 Å². The van der Waals surface area contributed by atoms with E-state index in [4.69, 9.17) is 4.74 Å². The topological polar surface area (TPSA) is 102 Å². The molecule has 0 fully saturated rings. The van der Waals surface area contributed by atoms with Crippen LogP contribution in [0.2, 0.25) is 0 Å². The Kier molecular flexibility index (Phi) is 5.87. The lowest BCUT2D eigenvalue weighted by Gasteiger charge is -2.14. The maximum Gasteiger partial charge on any atom is 0.290 e. The van der Waals surface area contributed by atoms with Crippen molar-refractivity contribution < 1.29 is 18.7 Å². The minimum atomic E-state index is -0.685. The molecule has 0 aliphatic heterocycles. The molecule has 0 saturated carbocycles. The van der Waals surface area contributed by atoms with Crippen molar-refractivity contribution in [2.45, 2.75) is 19.9 Å². The molecule has 0 atom stereocenters. The quantitative estimate of drug-likeness (QED) is 0.640. The smallest absolute Gasteiger partial charge is 0.290 e. The van der Waals surface area contributed by atoms with Gasteiger partial charge in [0.2, 0.25) is 0 Å². The van der Waals surface area contributed by atoms with Crippen LogP contribution in [-0.4, -0.2) is 28.2 Å². The number of nitrogens with one attached hydrogen (secondary N) is 2. The summed E-state index contributed by atoms with van der Waals surface area (Å²) in [7, 11) is 0. The average Bonchev–Trinajstić information content (AvgIpc) is 2.70. The van der Waals surface area contributed by atoms with Crippen molar-refractivity contribution in [3.63, 3.8) is 0 Å². The maximum absolute atomic E-state index is 13.1. The highest BCUT2D eigenvalue weighted by atomic mass is 19.1. The Morgan fingerprint density at radius 2 is 1.83 bits per heavy atom. The Labute approximate surface area is 165 Å². The van der Waals surface area contributed by atoms with E-state index in [1.807, 2.05) is 0 Å². The first-order valence-corrected chi connectivity index (χ1v) is 8.86. The summed E-state index contributed by atoms with van der Waals surface area (Å²) in [5, 5.41) is 4.87. The Bertz CT molecular complexity index is 1130. The molecular formula is C20H19FN4O4. The zero-order chi connectivity index (χ0) is 21.0. The number of hydrogen-bond donors (Lipinski definition) is 2. The predicted octanol–water partition coefficient (Wildman–Crippen LogP) is 1.96. The van der Waals surface area contributed by atoms with E-state index in [2.05, 4.69) is 16.0 Å². The Hall–Kier alpha value is -3.75. The number of halogens is 1. The van der Waals surface area contributed by atoms with Gasteiger partial charge in [0, 0.05) is 11.5 Å². The molecular weight excluding hydrogens is 379 g/mol. The third-order valence-electron chi connectivity index (χ3n) is 4.01. The minimum Gasteiger partial charge on any atom is -0.484 e. The zero-order valence-electron chi connectivity index (χ0n) is 15.8. The van der Waals surface area contributed by atoms with E-state index in [9.17, 15) is 18.8 Å². The van der Waals surface area contributed by atoms with Crippen molar-refractivity contribution in [2.75, 3.05) is 6.61 Å². The van der Waals surface area contributed by atoms with Crippen LogP contribution in [0, 0.1) is 5.82 Å². The van der Waals surface area contributed by atoms with E-state index in [1.54, 1.807) is 38.1 Å². The molecule has 3 aromatic rings. The van der Waals surface area contributed by atoms with Crippen molar-refractivity contribution in [1.29, 1.82) is 0 Å². The highest BCUT2D eigenvalue weighted by Crippen LogP contribution is 2.14. The lowest BCUT2D eigenvalue weighted by atomic mass is 10.1. The van der Waals surface area contributed by atoms with Crippen LogP contribution >= 0.6 is 0 Å². The van der Waals surface area contributed by atoms with Gasteiger partial charge in [0.25, 0.3) is 17.4 Å². The highest BCUT2D eigenvalue weighted by Gasteiger charge is 2.18. The van der Waals surface area contributed by atoms with Crippen LogP contribution in [0.3, 0.4) is 0 Å². The van der Waals surface area contributed by atoms with Gasteiger partial charge in [-0.15, -0.1) is 0 Å². The molecule has 2 aromatic carbocycles. The molecule has 0 spiro atoms. The molecule has 2 N–H and O–H groups in total. The molecule has 29 heavy (non-hydrogen) atoms. The van der Waals surface area contributed by atoms with Gasteiger partial charge in [-0.3, -0.25) is 25.2 Å². The molecule has 0 radical (unpaired) electrons. The Morgan fingerprint density at radius 1 is 1.10 bits per heavy atom. The second-order valence-electron chi connectivity index (χ2n) is 6.49. The van der Waals surface area contributed by atoms with Gasteiger partial charge in [0.1, 0.15) is 11.6 Å². The van der Waals surface area contributed by atoms with Crippen molar-refractivity contribution in [3.8, 4) is 5.75 Å². The van der Waals surface area contributed by atoms with E-state index in [0.29, 0.717) is 10.8 Å². The van der Waals surface area contributed by atoms with Gasteiger partial charge in [-0.25, -0.2) is 9.07 Å². The molecule has 8 nitrogen and oxygen atoms in total. The van der Waals surface area contributed by atoms with Crippen LogP contribution in [0.5, 0.6) is 5.75 Å². The fraction of sp³-hybridized carbons (Fsp3) is 0.200.